The van der Waals surface area contributed by atoms with Crippen LogP contribution in [0.3, 0.4) is 0 Å². The molecule has 2 unspecified atom stereocenters. The molecule has 1 saturated heterocycles. The van der Waals surface area contributed by atoms with Gasteiger partial charge in [-0.1, -0.05) is 17.3 Å². The number of alkyl halides is 3. The standard InChI is InChI=1S/C19H17F3N4O3/c1-27-14-4-2-3-12(9-14)16-15(10-23-25-16)18-24-17(26-29-18)11-5-7-13(8-6-11)28-19(20,21)22/h2-9,15-16,23,25H,10H2,1H3. The lowest BCUT2D eigenvalue weighted by Gasteiger charge is -2.16. The van der Waals surface area contributed by atoms with Crippen LogP contribution >= 0.6 is 0 Å². The van der Waals surface area contributed by atoms with E-state index in [2.05, 4.69) is 25.7 Å². The number of benzene rings is 2. The molecular formula is C19H17F3N4O3. The summed E-state index contributed by atoms with van der Waals surface area (Å²) in [7, 11) is 1.60. The largest absolute Gasteiger partial charge is 0.573 e. The van der Waals surface area contributed by atoms with Crippen molar-refractivity contribution in [3.05, 3.63) is 60.0 Å². The van der Waals surface area contributed by atoms with Crippen molar-refractivity contribution in [3.8, 4) is 22.9 Å². The summed E-state index contributed by atoms with van der Waals surface area (Å²) in [5, 5.41) is 3.97. The first kappa shape index (κ1) is 19.2. The number of aromatic nitrogens is 2. The fourth-order valence-corrected chi connectivity index (χ4v) is 3.19. The molecule has 7 nitrogen and oxygen atoms in total. The molecule has 2 aromatic carbocycles. The van der Waals surface area contributed by atoms with E-state index in [1.54, 1.807) is 7.11 Å². The van der Waals surface area contributed by atoms with Gasteiger partial charge in [0.05, 0.1) is 19.1 Å². The van der Waals surface area contributed by atoms with Gasteiger partial charge in [-0.05, 0) is 42.0 Å². The Kier molecular flexibility index (Phi) is 5.12. The molecule has 1 aromatic heterocycles. The SMILES string of the molecule is COc1cccc(C2NNCC2c2nc(-c3ccc(OC(F)(F)F)cc3)no2)c1. The van der Waals surface area contributed by atoms with Gasteiger partial charge in [0.1, 0.15) is 11.5 Å². The molecule has 0 aliphatic carbocycles. The van der Waals surface area contributed by atoms with Crippen LogP contribution in [-0.4, -0.2) is 30.2 Å². The quantitative estimate of drug-likeness (QED) is 0.670. The summed E-state index contributed by atoms with van der Waals surface area (Å²) in [6, 6.07) is 12.8. The van der Waals surface area contributed by atoms with Gasteiger partial charge >= 0.3 is 6.36 Å². The topological polar surface area (TPSA) is 81.4 Å². The van der Waals surface area contributed by atoms with Gasteiger partial charge in [-0.15, -0.1) is 13.2 Å². The average Bonchev–Trinajstić information content (AvgIpc) is 3.37. The van der Waals surface area contributed by atoms with Gasteiger partial charge in [-0.2, -0.15) is 4.98 Å². The monoisotopic (exact) mass is 406 g/mol. The molecule has 0 bridgehead atoms. The lowest BCUT2D eigenvalue weighted by Crippen LogP contribution is -2.24. The maximum Gasteiger partial charge on any atom is 0.573 e. The zero-order valence-corrected chi connectivity index (χ0v) is 15.2. The van der Waals surface area contributed by atoms with Gasteiger partial charge in [-0.3, -0.25) is 5.43 Å². The lowest BCUT2D eigenvalue weighted by molar-refractivity contribution is -0.274. The third-order valence-electron chi connectivity index (χ3n) is 4.54. The minimum atomic E-state index is -4.74. The van der Waals surface area contributed by atoms with Crippen LogP contribution in [0, 0.1) is 0 Å². The summed E-state index contributed by atoms with van der Waals surface area (Å²) >= 11 is 0. The minimum Gasteiger partial charge on any atom is -0.497 e. The van der Waals surface area contributed by atoms with Crippen molar-refractivity contribution in [2.45, 2.75) is 18.3 Å². The lowest BCUT2D eigenvalue weighted by atomic mass is 9.94. The fraction of sp³-hybridized carbons (Fsp3) is 0.263. The van der Waals surface area contributed by atoms with E-state index < -0.39 is 6.36 Å². The fourth-order valence-electron chi connectivity index (χ4n) is 3.19. The minimum absolute atomic E-state index is 0.110. The highest BCUT2D eigenvalue weighted by Crippen LogP contribution is 2.34. The van der Waals surface area contributed by atoms with Crippen LogP contribution in [0.15, 0.2) is 53.1 Å². The number of rotatable bonds is 5. The molecule has 10 heteroatoms. The van der Waals surface area contributed by atoms with Gasteiger partial charge < -0.3 is 14.0 Å². The number of methoxy groups -OCH3 is 1. The van der Waals surface area contributed by atoms with E-state index in [0.29, 0.717) is 18.0 Å². The Balaban J connectivity index is 1.53. The summed E-state index contributed by atoms with van der Waals surface area (Å²) < 4.78 is 51.4. The van der Waals surface area contributed by atoms with E-state index in [9.17, 15) is 13.2 Å². The molecule has 4 rings (SSSR count). The van der Waals surface area contributed by atoms with Crippen LogP contribution in [0.2, 0.25) is 0 Å². The predicted octanol–water partition coefficient (Wildman–Crippen LogP) is 3.58. The maximum absolute atomic E-state index is 12.3. The summed E-state index contributed by atoms with van der Waals surface area (Å²) in [6.45, 7) is 0.571. The molecule has 0 radical (unpaired) electrons. The summed E-state index contributed by atoms with van der Waals surface area (Å²) in [5.41, 5.74) is 7.80. The molecule has 1 aliphatic heterocycles. The number of halogens is 3. The van der Waals surface area contributed by atoms with Crippen LogP contribution < -0.4 is 20.3 Å². The smallest absolute Gasteiger partial charge is 0.497 e. The van der Waals surface area contributed by atoms with Crippen LogP contribution in [0.4, 0.5) is 13.2 Å². The normalized spacial score (nSPS) is 19.3. The Morgan fingerprint density at radius 3 is 2.62 bits per heavy atom. The highest BCUT2D eigenvalue weighted by atomic mass is 19.4. The van der Waals surface area contributed by atoms with Crippen molar-refractivity contribution in [2.75, 3.05) is 13.7 Å². The second kappa shape index (κ2) is 7.72. The molecule has 3 aromatic rings. The van der Waals surface area contributed by atoms with Crippen molar-refractivity contribution < 1.29 is 27.2 Å². The molecule has 2 atom stereocenters. The van der Waals surface area contributed by atoms with Crippen molar-refractivity contribution in [2.24, 2.45) is 0 Å². The summed E-state index contributed by atoms with van der Waals surface area (Å²) in [4.78, 5) is 4.43. The molecule has 152 valence electrons. The average molecular weight is 406 g/mol. The van der Waals surface area contributed by atoms with Crippen molar-refractivity contribution in [3.63, 3.8) is 0 Å². The highest BCUT2D eigenvalue weighted by molar-refractivity contribution is 5.55. The molecule has 2 heterocycles. The molecule has 1 fully saturated rings. The van der Waals surface area contributed by atoms with E-state index in [0.717, 1.165) is 11.3 Å². The Hall–Kier alpha value is -3.11. The van der Waals surface area contributed by atoms with Crippen molar-refractivity contribution in [1.29, 1.82) is 0 Å². The zero-order chi connectivity index (χ0) is 20.4. The van der Waals surface area contributed by atoms with Gasteiger partial charge in [0.25, 0.3) is 0 Å². The van der Waals surface area contributed by atoms with E-state index in [-0.39, 0.29) is 23.5 Å². The first-order valence-electron chi connectivity index (χ1n) is 8.75. The van der Waals surface area contributed by atoms with Crippen LogP contribution in [0.5, 0.6) is 11.5 Å². The first-order valence-corrected chi connectivity index (χ1v) is 8.75. The van der Waals surface area contributed by atoms with Crippen molar-refractivity contribution in [1.82, 2.24) is 21.0 Å². The van der Waals surface area contributed by atoms with Crippen LogP contribution in [0.1, 0.15) is 23.4 Å². The van der Waals surface area contributed by atoms with Crippen LogP contribution in [0.25, 0.3) is 11.4 Å². The Labute approximate surface area is 163 Å². The number of nitrogens with zero attached hydrogens (tertiary/aromatic N) is 2. The molecule has 0 saturated carbocycles. The number of nitrogens with one attached hydrogen (secondary N) is 2. The molecule has 0 amide bonds. The third kappa shape index (κ3) is 4.33. The van der Waals surface area contributed by atoms with E-state index >= 15 is 0 Å². The van der Waals surface area contributed by atoms with E-state index in [1.165, 1.54) is 24.3 Å². The molecule has 1 aliphatic rings. The summed E-state index contributed by atoms with van der Waals surface area (Å²) in [5.74, 6) is 1.00. The van der Waals surface area contributed by atoms with Gasteiger partial charge in [0.2, 0.25) is 11.7 Å². The molecule has 29 heavy (non-hydrogen) atoms. The van der Waals surface area contributed by atoms with Gasteiger partial charge in [0.15, 0.2) is 0 Å². The maximum atomic E-state index is 12.3. The first-order chi connectivity index (χ1) is 13.9. The predicted molar refractivity (Wildman–Crippen MR) is 96.0 cm³/mol. The number of hydrogen-bond donors (Lipinski definition) is 2. The Morgan fingerprint density at radius 2 is 1.90 bits per heavy atom. The van der Waals surface area contributed by atoms with E-state index in [1.807, 2.05) is 24.3 Å². The molecular weight excluding hydrogens is 389 g/mol. The molecule has 0 spiro atoms. The zero-order valence-electron chi connectivity index (χ0n) is 15.2. The summed E-state index contributed by atoms with van der Waals surface area (Å²) in [6.07, 6.45) is -4.74. The number of hydrazine groups is 1. The van der Waals surface area contributed by atoms with Crippen molar-refractivity contribution >= 4 is 0 Å². The molecule has 2 N–H and O–H groups in total. The van der Waals surface area contributed by atoms with E-state index in [4.69, 9.17) is 9.26 Å². The second-order valence-electron chi connectivity index (χ2n) is 6.41. The van der Waals surface area contributed by atoms with Gasteiger partial charge in [0, 0.05) is 12.1 Å². The number of hydrogen-bond acceptors (Lipinski definition) is 7. The Bertz CT molecular complexity index is 975. The second-order valence-corrected chi connectivity index (χ2v) is 6.41. The number of ether oxygens (including phenoxy) is 2. The van der Waals surface area contributed by atoms with Gasteiger partial charge in [-0.25, -0.2) is 5.43 Å². The Morgan fingerprint density at radius 1 is 1.10 bits per heavy atom. The van der Waals surface area contributed by atoms with Crippen LogP contribution in [-0.2, 0) is 0 Å². The highest BCUT2D eigenvalue weighted by Gasteiger charge is 2.34. The third-order valence-corrected chi connectivity index (χ3v) is 4.54.